The Labute approximate surface area is 160 Å². The van der Waals surface area contributed by atoms with Crippen molar-refractivity contribution in [1.82, 2.24) is 0 Å². The first-order valence-corrected chi connectivity index (χ1v) is 10.1. The summed E-state index contributed by atoms with van der Waals surface area (Å²) in [5.74, 6) is -0.335. The largest absolute Gasteiger partial charge is 0.508 e. The normalized spacial score (nSPS) is 12.3. The van der Waals surface area contributed by atoms with E-state index in [-0.39, 0.29) is 28.6 Å². The van der Waals surface area contributed by atoms with Crippen LogP contribution in [0.3, 0.4) is 0 Å². The van der Waals surface area contributed by atoms with Gasteiger partial charge >= 0.3 is 13.8 Å². The molecule has 0 unspecified atom stereocenters. The number of hydrogen-bond acceptors (Lipinski definition) is 4. The SMILES string of the molecule is Bc1cc(NCP(=O)(O)O)cc(C(F)(F)F)c1Oc1ccc(O)c(C(C)C)c1. The number of phenolic OH excluding ortho intramolecular Hbond substituents is 1. The van der Waals surface area contributed by atoms with Crippen LogP contribution in [-0.2, 0) is 10.7 Å². The van der Waals surface area contributed by atoms with Gasteiger partial charge in [0, 0.05) is 11.3 Å². The maximum atomic E-state index is 13.6. The molecule has 0 aliphatic heterocycles. The lowest BCUT2D eigenvalue weighted by molar-refractivity contribution is -0.138. The lowest BCUT2D eigenvalue weighted by Gasteiger charge is -2.19. The lowest BCUT2D eigenvalue weighted by Crippen LogP contribution is -2.17. The summed E-state index contributed by atoms with van der Waals surface area (Å²) in [5, 5.41) is 12.2. The van der Waals surface area contributed by atoms with Gasteiger partial charge < -0.3 is 24.9 Å². The van der Waals surface area contributed by atoms with Gasteiger partial charge in [-0.2, -0.15) is 13.2 Å². The van der Waals surface area contributed by atoms with E-state index in [2.05, 4.69) is 5.32 Å². The summed E-state index contributed by atoms with van der Waals surface area (Å²) in [6.45, 7) is 3.65. The Morgan fingerprint density at radius 2 is 1.86 bits per heavy atom. The predicted octanol–water partition coefficient (Wildman–Crippen LogP) is 3.13. The molecular weight excluding hydrogens is 397 g/mol. The third-order valence-electron chi connectivity index (χ3n) is 3.91. The third-order valence-corrected chi connectivity index (χ3v) is 4.48. The van der Waals surface area contributed by atoms with E-state index in [9.17, 15) is 22.8 Å². The fourth-order valence-corrected chi connectivity index (χ4v) is 2.98. The van der Waals surface area contributed by atoms with Gasteiger partial charge in [-0.15, -0.1) is 0 Å². The number of phenols is 1. The van der Waals surface area contributed by atoms with Gasteiger partial charge in [0.1, 0.15) is 31.4 Å². The van der Waals surface area contributed by atoms with E-state index in [4.69, 9.17) is 14.5 Å². The van der Waals surface area contributed by atoms with Crippen molar-refractivity contribution in [3.05, 3.63) is 41.5 Å². The maximum Gasteiger partial charge on any atom is 0.420 e. The highest BCUT2D eigenvalue weighted by Gasteiger charge is 2.36. The minimum Gasteiger partial charge on any atom is -0.508 e. The molecule has 0 heterocycles. The number of anilines is 1. The summed E-state index contributed by atoms with van der Waals surface area (Å²) < 4.78 is 57.1. The number of benzene rings is 2. The van der Waals surface area contributed by atoms with Crippen LogP contribution in [0, 0.1) is 0 Å². The molecule has 2 aromatic rings. The Bertz CT molecular complexity index is 914. The third kappa shape index (κ3) is 5.67. The number of halogens is 3. The number of ether oxygens (including phenoxy) is 1. The predicted molar refractivity (Wildman–Crippen MR) is 102 cm³/mol. The summed E-state index contributed by atoms with van der Waals surface area (Å²) in [4.78, 5) is 17.8. The molecular formula is C17H20BF3NO5P. The molecule has 0 fully saturated rings. The van der Waals surface area contributed by atoms with E-state index in [1.807, 2.05) is 13.8 Å². The van der Waals surface area contributed by atoms with Gasteiger partial charge in [-0.05, 0) is 41.7 Å². The first-order chi connectivity index (χ1) is 12.8. The van der Waals surface area contributed by atoms with Gasteiger partial charge in [0.15, 0.2) is 0 Å². The zero-order valence-corrected chi connectivity index (χ0v) is 16.3. The molecule has 28 heavy (non-hydrogen) atoms. The van der Waals surface area contributed by atoms with Gasteiger partial charge in [-0.25, -0.2) is 0 Å². The Morgan fingerprint density at radius 1 is 1.21 bits per heavy atom. The number of hydrogen-bond donors (Lipinski definition) is 4. The van der Waals surface area contributed by atoms with Gasteiger partial charge in [0.05, 0.1) is 5.56 Å². The van der Waals surface area contributed by atoms with Gasteiger partial charge in [-0.1, -0.05) is 13.8 Å². The number of rotatable bonds is 6. The van der Waals surface area contributed by atoms with E-state index in [1.165, 1.54) is 32.1 Å². The highest BCUT2D eigenvalue weighted by Crippen LogP contribution is 2.40. The van der Waals surface area contributed by atoms with Crippen molar-refractivity contribution in [1.29, 1.82) is 0 Å². The smallest absolute Gasteiger partial charge is 0.420 e. The number of aromatic hydroxyl groups is 1. The van der Waals surface area contributed by atoms with Crippen molar-refractivity contribution in [3.8, 4) is 17.2 Å². The molecule has 0 aliphatic carbocycles. The van der Waals surface area contributed by atoms with Crippen LogP contribution < -0.4 is 15.5 Å². The van der Waals surface area contributed by atoms with E-state index in [0.717, 1.165) is 6.07 Å². The molecule has 4 N–H and O–H groups in total. The summed E-state index contributed by atoms with van der Waals surface area (Å²) in [6, 6.07) is 6.23. The topological polar surface area (TPSA) is 99.0 Å². The molecule has 2 rings (SSSR count). The van der Waals surface area contributed by atoms with Crippen LogP contribution in [0.25, 0.3) is 0 Å². The van der Waals surface area contributed by atoms with Crippen LogP contribution in [0.2, 0.25) is 0 Å². The monoisotopic (exact) mass is 417 g/mol. The van der Waals surface area contributed by atoms with Crippen molar-refractivity contribution in [2.45, 2.75) is 25.9 Å². The molecule has 0 amide bonds. The molecule has 2 aromatic carbocycles. The van der Waals surface area contributed by atoms with Crippen molar-refractivity contribution in [2.75, 3.05) is 11.6 Å². The highest BCUT2D eigenvalue weighted by molar-refractivity contribution is 7.51. The molecule has 0 bridgehead atoms. The molecule has 152 valence electrons. The minimum absolute atomic E-state index is 0.0205. The average molecular weight is 417 g/mol. The average Bonchev–Trinajstić information content (AvgIpc) is 2.54. The van der Waals surface area contributed by atoms with Crippen LogP contribution in [0.1, 0.15) is 30.9 Å². The second kappa shape index (κ2) is 8.07. The number of nitrogens with one attached hydrogen (secondary N) is 1. The summed E-state index contributed by atoms with van der Waals surface area (Å²) in [6.07, 6.45) is -5.54. The van der Waals surface area contributed by atoms with E-state index in [0.29, 0.717) is 5.56 Å². The second-order valence-electron chi connectivity index (χ2n) is 6.64. The minimum atomic E-state index is -4.75. The van der Waals surface area contributed by atoms with E-state index < -0.39 is 31.4 Å². The Morgan fingerprint density at radius 3 is 2.39 bits per heavy atom. The standard InChI is InChI=1S/C17H20BF3NO5P/c1-9(2)12-7-11(3-4-15(12)23)27-16-13(17(19,20)21)5-10(6-14(16)18)22-8-28(24,25)26/h3-7,9,22-23H,8,18H2,1-2H3,(H2,24,25,26). The van der Waals surface area contributed by atoms with Gasteiger partial charge in [0.2, 0.25) is 0 Å². The van der Waals surface area contributed by atoms with Crippen molar-refractivity contribution < 1.29 is 37.4 Å². The zero-order valence-electron chi connectivity index (χ0n) is 15.4. The second-order valence-corrected chi connectivity index (χ2v) is 8.29. The maximum absolute atomic E-state index is 13.6. The number of alkyl halides is 3. The highest BCUT2D eigenvalue weighted by atomic mass is 31.2. The van der Waals surface area contributed by atoms with Crippen LogP contribution in [0.15, 0.2) is 30.3 Å². The van der Waals surface area contributed by atoms with Crippen LogP contribution >= 0.6 is 7.60 Å². The fraction of sp³-hybridized carbons (Fsp3) is 0.294. The van der Waals surface area contributed by atoms with E-state index in [1.54, 1.807) is 0 Å². The molecule has 0 aromatic heterocycles. The molecule has 0 spiro atoms. The molecule has 6 nitrogen and oxygen atoms in total. The van der Waals surface area contributed by atoms with Crippen LogP contribution in [-0.4, -0.2) is 29.0 Å². The quantitative estimate of drug-likeness (QED) is 0.426. The summed E-state index contributed by atoms with van der Waals surface area (Å²) in [7, 11) is -3.04. The first kappa shape index (κ1) is 22.1. The van der Waals surface area contributed by atoms with Crippen LogP contribution in [0.4, 0.5) is 18.9 Å². The zero-order chi connectivity index (χ0) is 21.3. The molecule has 11 heteroatoms. The van der Waals surface area contributed by atoms with Gasteiger partial charge in [-0.3, -0.25) is 4.57 Å². The molecule has 0 atom stereocenters. The lowest BCUT2D eigenvalue weighted by atomic mass is 9.91. The van der Waals surface area contributed by atoms with Crippen molar-refractivity contribution >= 4 is 26.6 Å². The molecule has 0 aliphatic rings. The van der Waals surface area contributed by atoms with Gasteiger partial charge in [0.25, 0.3) is 0 Å². The summed E-state index contributed by atoms with van der Waals surface area (Å²) >= 11 is 0. The Hall–Kier alpha value is -2.16. The molecule has 0 saturated heterocycles. The Kier molecular flexibility index (Phi) is 6.38. The fourth-order valence-electron chi connectivity index (χ4n) is 2.59. The Balaban J connectivity index is 2.46. The van der Waals surface area contributed by atoms with Crippen molar-refractivity contribution in [2.24, 2.45) is 0 Å². The molecule has 0 saturated carbocycles. The first-order valence-electron chi connectivity index (χ1n) is 8.29. The van der Waals surface area contributed by atoms with Crippen LogP contribution in [0.5, 0.6) is 17.2 Å². The molecule has 0 radical (unpaired) electrons. The summed E-state index contributed by atoms with van der Waals surface area (Å²) in [5.41, 5.74) is -0.514. The van der Waals surface area contributed by atoms with Crippen molar-refractivity contribution in [3.63, 3.8) is 0 Å². The van der Waals surface area contributed by atoms with E-state index >= 15 is 0 Å².